The molecule has 1 aromatic carbocycles. The summed E-state index contributed by atoms with van der Waals surface area (Å²) in [6.07, 6.45) is 7.27. The fraction of sp³-hybridized carbons (Fsp3) is 0.455. The standard InChI is InChI=1S/C22H27FN6O2S/c1-22(2,3)29-12-15(10-24-29)13-4-5-14(8-13)18-9-20(28-27-18)26-17-6-7-19-16(21(17)23)11-25-32(19,30)31/h6-7,9-10,12-14,25H,4-5,8,11H2,1-3H3,(H2,26,27,28). The van der Waals surface area contributed by atoms with Crippen LogP contribution in [0.5, 0.6) is 0 Å². The number of rotatable bonds is 4. The molecule has 2 unspecified atom stereocenters. The maximum atomic E-state index is 14.8. The second-order valence-corrected chi connectivity index (χ2v) is 11.4. The predicted octanol–water partition coefficient (Wildman–Crippen LogP) is 4.09. The van der Waals surface area contributed by atoms with Gasteiger partial charge in [-0.1, -0.05) is 0 Å². The number of anilines is 2. The molecule has 2 aliphatic rings. The summed E-state index contributed by atoms with van der Waals surface area (Å²) in [5, 5.41) is 14.9. The zero-order chi connectivity index (χ0) is 22.7. The monoisotopic (exact) mass is 458 g/mol. The van der Waals surface area contributed by atoms with Gasteiger partial charge in [0.2, 0.25) is 10.0 Å². The minimum absolute atomic E-state index is 0.00459. The Bertz CT molecular complexity index is 1270. The van der Waals surface area contributed by atoms with E-state index in [1.54, 1.807) is 0 Å². The third-order valence-electron chi connectivity index (χ3n) is 6.42. The maximum absolute atomic E-state index is 14.8. The van der Waals surface area contributed by atoms with Crippen LogP contribution in [0.15, 0.2) is 35.5 Å². The molecule has 5 rings (SSSR count). The molecule has 0 saturated heterocycles. The molecular formula is C22H27FN6O2S. The number of hydrogen-bond acceptors (Lipinski definition) is 5. The van der Waals surface area contributed by atoms with Gasteiger partial charge >= 0.3 is 0 Å². The van der Waals surface area contributed by atoms with E-state index < -0.39 is 15.8 Å². The zero-order valence-electron chi connectivity index (χ0n) is 18.3. The molecule has 1 fully saturated rings. The minimum atomic E-state index is -3.61. The van der Waals surface area contributed by atoms with E-state index in [2.05, 4.69) is 52.3 Å². The van der Waals surface area contributed by atoms with Gasteiger partial charge in [-0.15, -0.1) is 0 Å². The van der Waals surface area contributed by atoms with Crippen molar-refractivity contribution in [3.8, 4) is 0 Å². The molecule has 2 aromatic heterocycles. The third-order valence-corrected chi connectivity index (χ3v) is 7.91. The van der Waals surface area contributed by atoms with Crippen molar-refractivity contribution in [1.82, 2.24) is 24.7 Å². The Hall–Kier alpha value is -2.72. The van der Waals surface area contributed by atoms with Crippen LogP contribution in [0.3, 0.4) is 0 Å². The molecule has 0 bridgehead atoms. The van der Waals surface area contributed by atoms with Crippen molar-refractivity contribution in [3.63, 3.8) is 0 Å². The first-order valence-electron chi connectivity index (χ1n) is 10.8. The molecule has 3 aromatic rings. The van der Waals surface area contributed by atoms with Gasteiger partial charge in [0.1, 0.15) is 0 Å². The lowest BCUT2D eigenvalue weighted by Crippen LogP contribution is -2.21. The highest BCUT2D eigenvalue weighted by molar-refractivity contribution is 7.89. The van der Waals surface area contributed by atoms with Gasteiger partial charge in [0.25, 0.3) is 0 Å². The van der Waals surface area contributed by atoms with Gasteiger partial charge in [0, 0.05) is 36.0 Å². The second kappa shape index (κ2) is 7.41. The van der Waals surface area contributed by atoms with E-state index in [9.17, 15) is 12.8 Å². The number of fused-ring (bicyclic) bond motifs is 1. The quantitative estimate of drug-likeness (QED) is 0.546. The summed E-state index contributed by atoms with van der Waals surface area (Å²) >= 11 is 0. The maximum Gasteiger partial charge on any atom is 0.241 e. The van der Waals surface area contributed by atoms with Crippen LogP contribution in [0.25, 0.3) is 0 Å². The number of sulfonamides is 1. The number of H-pyrrole nitrogens is 1. The fourth-order valence-electron chi connectivity index (χ4n) is 4.59. The van der Waals surface area contributed by atoms with E-state index in [1.165, 1.54) is 17.7 Å². The molecule has 0 amide bonds. The van der Waals surface area contributed by atoms with E-state index in [-0.39, 0.29) is 28.2 Å². The largest absolute Gasteiger partial charge is 0.336 e. The Morgan fingerprint density at radius 2 is 2.00 bits per heavy atom. The lowest BCUT2D eigenvalue weighted by Gasteiger charge is -2.19. The predicted molar refractivity (Wildman–Crippen MR) is 119 cm³/mol. The second-order valence-electron chi connectivity index (χ2n) is 9.66. The van der Waals surface area contributed by atoms with Crippen LogP contribution in [0, 0.1) is 5.82 Å². The minimum Gasteiger partial charge on any atom is -0.336 e. The third kappa shape index (κ3) is 3.71. The Morgan fingerprint density at radius 1 is 1.22 bits per heavy atom. The average Bonchev–Trinajstić information content (AvgIpc) is 3.49. The molecular weight excluding hydrogens is 431 g/mol. The highest BCUT2D eigenvalue weighted by Crippen LogP contribution is 2.43. The molecule has 1 aliphatic heterocycles. The first-order valence-corrected chi connectivity index (χ1v) is 12.3. The fourth-order valence-corrected chi connectivity index (χ4v) is 5.81. The topological polar surface area (TPSA) is 105 Å². The first kappa shape index (κ1) is 21.1. The summed E-state index contributed by atoms with van der Waals surface area (Å²) in [6.45, 7) is 6.37. The van der Waals surface area contributed by atoms with Gasteiger partial charge in [-0.25, -0.2) is 17.5 Å². The Morgan fingerprint density at radius 3 is 2.75 bits per heavy atom. The van der Waals surface area contributed by atoms with Crippen molar-refractivity contribution in [2.45, 2.75) is 68.8 Å². The molecule has 2 atom stereocenters. The lowest BCUT2D eigenvalue weighted by molar-refractivity contribution is 0.355. The highest BCUT2D eigenvalue weighted by Gasteiger charge is 2.31. The summed E-state index contributed by atoms with van der Waals surface area (Å²) in [5.74, 6) is 0.744. The van der Waals surface area contributed by atoms with Gasteiger partial charge in [-0.05, 0) is 63.6 Å². The smallest absolute Gasteiger partial charge is 0.241 e. The van der Waals surface area contributed by atoms with Crippen molar-refractivity contribution in [2.75, 3.05) is 5.32 Å². The van der Waals surface area contributed by atoms with E-state index in [0.29, 0.717) is 17.7 Å². The normalized spacial score (nSPS) is 22.2. The number of aromatic nitrogens is 4. The van der Waals surface area contributed by atoms with Crippen LogP contribution in [-0.2, 0) is 22.1 Å². The molecule has 1 aliphatic carbocycles. The summed E-state index contributed by atoms with van der Waals surface area (Å²) in [6, 6.07) is 4.77. The van der Waals surface area contributed by atoms with Crippen molar-refractivity contribution in [2.24, 2.45) is 0 Å². The zero-order valence-corrected chi connectivity index (χ0v) is 19.1. The molecule has 1 saturated carbocycles. The summed E-state index contributed by atoms with van der Waals surface area (Å²) in [5.41, 5.74) is 2.61. The first-order chi connectivity index (χ1) is 15.1. The number of halogens is 1. The van der Waals surface area contributed by atoms with Crippen LogP contribution in [0.4, 0.5) is 15.9 Å². The van der Waals surface area contributed by atoms with E-state index in [4.69, 9.17) is 0 Å². The average molecular weight is 459 g/mol. The lowest BCUT2D eigenvalue weighted by atomic mass is 9.98. The molecule has 170 valence electrons. The van der Waals surface area contributed by atoms with Crippen molar-refractivity contribution >= 4 is 21.5 Å². The van der Waals surface area contributed by atoms with Crippen molar-refractivity contribution in [3.05, 3.63) is 53.2 Å². The molecule has 3 heterocycles. The molecule has 32 heavy (non-hydrogen) atoms. The van der Waals surface area contributed by atoms with Crippen LogP contribution < -0.4 is 10.0 Å². The van der Waals surface area contributed by atoms with Gasteiger partial charge < -0.3 is 5.32 Å². The van der Waals surface area contributed by atoms with Crippen LogP contribution in [0.1, 0.15) is 68.7 Å². The van der Waals surface area contributed by atoms with E-state index in [1.807, 2.05) is 16.9 Å². The molecule has 0 radical (unpaired) electrons. The Balaban J connectivity index is 1.29. The van der Waals surface area contributed by atoms with Crippen molar-refractivity contribution in [1.29, 1.82) is 0 Å². The van der Waals surface area contributed by atoms with Crippen LogP contribution >= 0.6 is 0 Å². The van der Waals surface area contributed by atoms with Gasteiger partial charge in [0.15, 0.2) is 11.6 Å². The summed E-state index contributed by atoms with van der Waals surface area (Å²) in [4.78, 5) is -0.00459. The molecule has 10 heteroatoms. The molecule has 8 nitrogen and oxygen atoms in total. The van der Waals surface area contributed by atoms with E-state index in [0.717, 1.165) is 25.0 Å². The summed E-state index contributed by atoms with van der Waals surface area (Å²) in [7, 11) is -3.61. The Labute approximate surface area is 186 Å². The van der Waals surface area contributed by atoms with Crippen LogP contribution in [-0.4, -0.2) is 28.4 Å². The van der Waals surface area contributed by atoms with Gasteiger partial charge in [0.05, 0.1) is 22.3 Å². The number of nitrogens with one attached hydrogen (secondary N) is 3. The highest BCUT2D eigenvalue weighted by atomic mass is 32.2. The number of benzene rings is 1. The SMILES string of the molecule is CC(C)(C)n1cc(C2CCC(c3cc(Nc4ccc5c(c4F)CNS5(=O)=O)n[nH]3)C2)cn1. The molecule has 3 N–H and O–H groups in total. The van der Waals surface area contributed by atoms with E-state index >= 15 is 0 Å². The van der Waals surface area contributed by atoms with Crippen LogP contribution in [0.2, 0.25) is 0 Å². The summed E-state index contributed by atoms with van der Waals surface area (Å²) < 4.78 is 42.9. The molecule has 0 spiro atoms. The number of hydrogen-bond donors (Lipinski definition) is 3. The number of aromatic amines is 1. The number of nitrogens with zero attached hydrogens (tertiary/aromatic N) is 3. The van der Waals surface area contributed by atoms with Gasteiger partial charge in [-0.2, -0.15) is 10.2 Å². The Kier molecular flexibility index (Phi) is 4.90. The van der Waals surface area contributed by atoms with Crippen molar-refractivity contribution < 1.29 is 12.8 Å². The van der Waals surface area contributed by atoms with Gasteiger partial charge in [-0.3, -0.25) is 9.78 Å².